The van der Waals surface area contributed by atoms with Crippen LogP contribution in [0.2, 0.25) is 0 Å². The van der Waals surface area contributed by atoms with Crippen LogP contribution in [0.1, 0.15) is 22.3 Å². The van der Waals surface area contributed by atoms with Crippen molar-refractivity contribution in [1.29, 1.82) is 0 Å². The highest BCUT2D eigenvalue weighted by molar-refractivity contribution is 8.16. The van der Waals surface area contributed by atoms with Gasteiger partial charge in [0.05, 0.1) is 0 Å². The van der Waals surface area contributed by atoms with Gasteiger partial charge in [-0.3, -0.25) is 0 Å². The second-order valence-corrected chi connectivity index (χ2v) is 6.10. The van der Waals surface area contributed by atoms with Crippen molar-refractivity contribution >= 4 is 25.8 Å². The molecule has 82 valence electrons. The summed E-state index contributed by atoms with van der Waals surface area (Å²) in [4.78, 5) is 0. The van der Waals surface area contributed by atoms with Crippen LogP contribution in [0.5, 0.6) is 0 Å². The Morgan fingerprint density at radius 1 is 1.13 bits per heavy atom. The van der Waals surface area contributed by atoms with Gasteiger partial charge in [0.25, 0.3) is 9.05 Å². The Bertz CT molecular complexity index is 478. The quantitative estimate of drug-likeness (QED) is 0.749. The van der Waals surface area contributed by atoms with E-state index in [0.717, 1.165) is 27.7 Å². The molecule has 0 radical (unpaired) electrons. The molecular weight excluding hydrogens is 232 g/mol. The van der Waals surface area contributed by atoms with Crippen LogP contribution >= 0.6 is 10.7 Å². The third kappa shape index (κ3) is 3.68. The summed E-state index contributed by atoms with van der Waals surface area (Å²) in [6.45, 7) is 5.90. The number of halogens is 1. The lowest BCUT2D eigenvalue weighted by Crippen LogP contribution is -1.89. The average Bonchev–Trinajstić information content (AvgIpc) is 1.99. The number of rotatable bonds is 2. The first kappa shape index (κ1) is 12.3. The van der Waals surface area contributed by atoms with E-state index in [9.17, 15) is 8.42 Å². The fourth-order valence-corrected chi connectivity index (χ4v) is 2.06. The second kappa shape index (κ2) is 4.37. The Balaban J connectivity index is 3.22. The molecule has 1 rings (SSSR count). The molecule has 0 aliphatic carbocycles. The zero-order valence-corrected chi connectivity index (χ0v) is 10.5. The molecule has 0 saturated carbocycles. The fraction of sp³-hybridized carbons (Fsp3) is 0.273. The molecule has 0 N–H and O–H groups in total. The first-order valence-corrected chi connectivity index (χ1v) is 6.87. The van der Waals surface area contributed by atoms with E-state index in [-0.39, 0.29) is 0 Å². The van der Waals surface area contributed by atoms with Crippen molar-refractivity contribution in [2.75, 3.05) is 0 Å². The summed E-state index contributed by atoms with van der Waals surface area (Å²) in [5, 5.41) is 1.01. The Kier molecular flexibility index (Phi) is 3.58. The monoisotopic (exact) mass is 244 g/mol. The lowest BCUT2D eigenvalue weighted by molar-refractivity contribution is 0.617. The molecule has 0 aliphatic rings. The van der Waals surface area contributed by atoms with Gasteiger partial charge in [0.2, 0.25) is 0 Å². The van der Waals surface area contributed by atoms with Gasteiger partial charge in [-0.05, 0) is 43.5 Å². The van der Waals surface area contributed by atoms with E-state index in [1.807, 2.05) is 32.9 Å². The average molecular weight is 245 g/mol. The van der Waals surface area contributed by atoms with E-state index >= 15 is 0 Å². The van der Waals surface area contributed by atoms with E-state index in [1.165, 1.54) is 6.08 Å². The van der Waals surface area contributed by atoms with Gasteiger partial charge in [0, 0.05) is 16.1 Å². The molecule has 0 spiro atoms. The highest BCUT2D eigenvalue weighted by Gasteiger charge is 2.02. The zero-order chi connectivity index (χ0) is 11.6. The maximum Gasteiger partial charge on any atom is 0.254 e. The molecule has 4 heteroatoms. The van der Waals surface area contributed by atoms with Crippen LogP contribution in [0.25, 0.3) is 6.08 Å². The normalized spacial score (nSPS) is 12.3. The molecule has 0 amide bonds. The molecule has 0 unspecified atom stereocenters. The summed E-state index contributed by atoms with van der Waals surface area (Å²) in [6, 6.07) is 4.01. The fourth-order valence-electron chi connectivity index (χ4n) is 1.60. The van der Waals surface area contributed by atoms with E-state index in [2.05, 4.69) is 0 Å². The standard InChI is InChI=1S/C11H13ClO2S/c1-8-6-9(2)11(10(3)7-8)4-5-15(12,13)14/h4-7H,1-3H3/b5-4+. The maximum atomic E-state index is 10.8. The van der Waals surface area contributed by atoms with Crippen molar-refractivity contribution in [2.45, 2.75) is 20.8 Å². The third-order valence-corrected chi connectivity index (χ3v) is 2.91. The summed E-state index contributed by atoms with van der Waals surface area (Å²) < 4.78 is 21.5. The van der Waals surface area contributed by atoms with Crippen molar-refractivity contribution in [1.82, 2.24) is 0 Å². The smallest absolute Gasteiger partial charge is 0.208 e. The minimum Gasteiger partial charge on any atom is -0.208 e. The van der Waals surface area contributed by atoms with Crippen molar-refractivity contribution in [3.8, 4) is 0 Å². The van der Waals surface area contributed by atoms with E-state index in [1.54, 1.807) is 0 Å². The van der Waals surface area contributed by atoms with Gasteiger partial charge in [-0.25, -0.2) is 8.42 Å². The molecule has 1 aromatic rings. The summed E-state index contributed by atoms with van der Waals surface area (Å²) in [5.41, 5.74) is 4.16. The first-order valence-electron chi connectivity index (χ1n) is 4.50. The Labute approximate surface area is 95.0 Å². The first-order chi connectivity index (χ1) is 6.79. The van der Waals surface area contributed by atoms with Crippen LogP contribution in [0.15, 0.2) is 17.5 Å². The van der Waals surface area contributed by atoms with E-state index in [4.69, 9.17) is 10.7 Å². The maximum absolute atomic E-state index is 10.8. The number of aryl methyl sites for hydroxylation is 3. The van der Waals surface area contributed by atoms with Crippen LogP contribution < -0.4 is 0 Å². The molecule has 2 nitrogen and oxygen atoms in total. The van der Waals surface area contributed by atoms with Gasteiger partial charge in [0.1, 0.15) is 0 Å². The molecule has 0 saturated heterocycles. The van der Waals surface area contributed by atoms with Crippen LogP contribution in [0.4, 0.5) is 0 Å². The Hall–Kier alpha value is -0.800. The predicted octanol–water partition coefficient (Wildman–Crippen LogP) is 3.15. The zero-order valence-electron chi connectivity index (χ0n) is 8.91. The number of hydrogen-bond acceptors (Lipinski definition) is 2. The number of benzene rings is 1. The predicted molar refractivity (Wildman–Crippen MR) is 64.5 cm³/mol. The van der Waals surface area contributed by atoms with Crippen molar-refractivity contribution in [3.05, 3.63) is 39.8 Å². The number of hydrogen-bond donors (Lipinski definition) is 0. The van der Waals surface area contributed by atoms with Crippen LogP contribution in [0, 0.1) is 20.8 Å². The van der Waals surface area contributed by atoms with Crippen LogP contribution in [-0.2, 0) is 9.05 Å². The van der Waals surface area contributed by atoms with Crippen molar-refractivity contribution in [2.24, 2.45) is 0 Å². The minimum atomic E-state index is -3.57. The van der Waals surface area contributed by atoms with Gasteiger partial charge >= 0.3 is 0 Å². The molecule has 0 bridgehead atoms. The minimum absolute atomic E-state index is 0.907. The van der Waals surface area contributed by atoms with Gasteiger partial charge < -0.3 is 0 Å². The van der Waals surface area contributed by atoms with Gasteiger partial charge in [0.15, 0.2) is 0 Å². The SMILES string of the molecule is Cc1cc(C)c(/C=C/S(=O)(=O)Cl)c(C)c1. The molecule has 0 atom stereocenters. The summed E-state index contributed by atoms with van der Waals surface area (Å²) >= 11 is 0. The summed E-state index contributed by atoms with van der Waals surface area (Å²) in [5.74, 6) is 0. The van der Waals surface area contributed by atoms with Gasteiger partial charge in [-0.15, -0.1) is 0 Å². The topological polar surface area (TPSA) is 34.1 Å². The van der Waals surface area contributed by atoms with Crippen molar-refractivity contribution in [3.63, 3.8) is 0 Å². The Morgan fingerprint density at radius 2 is 1.60 bits per heavy atom. The highest BCUT2D eigenvalue weighted by atomic mass is 35.7. The third-order valence-electron chi connectivity index (χ3n) is 2.14. The van der Waals surface area contributed by atoms with Crippen LogP contribution in [-0.4, -0.2) is 8.42 Å². The molecule has 1 aromatic carbocycles. The second-order valence-electron chi connectivity index (χ2n) is 3.59. The lowest BCUT2D eigenvalue weighted by atomic mass is 10.0. The molecule has 0 fully saturated rings. The van der Waals surface area contributed by atoms with Crippen molar-refractivity contribution < 1.29 is 8.42 Å². The summed E-state index contributed by atoms with van der Waals surface area (Å²) in [6.07, 6.45) is 1.53. The largest absolute Gasteiger partial charge is 0.254 e. The molecule has 0 aliphatic heterocycles. The summed E-state index contributed by atoms with van der Waals surface area (Å²) in [7, 11) is 1.53. The molecular formula is C11H13ClO2S. The van der Waals surface area contributed by atoms with E-state index in [0.29, 0.717) is 0 Å². The molecule has 0 heterocycles. The van der Waals surface area contributed by atoms with Gasteiger partial charge in [-0.1, -0.05) is 17.7 Å². The lowest BCUT2D eigenvalue weighted by Gasteiger charge is -2.06. The Morgan fingerprint density at radius 3 is 2.00 bits per heavy atom. The molecule has 0 aromatic heterocycles. The highest BCUT2D eigenvalue weighted by Crippen LogP contribution is 2.18. The molecule has 15 heavy (non-hydrogen) atoms. The van der Waals surface area contributed by atoms with E-state index < -0.39 is 9.05 Å². The van der Waals surface area contributed by atoms with Crippen LogP contribution in [0.3, 0.4) is 0 Å². The van der Waals surface area contributed by atoms with Gasteiger partial charge in [-0.2, -0.15) is 0 Å².